The Morgan fingerprint density at radius 3 is 2.63 bits per heavy atom. The summed E-state index contributed by atoms with van der Waals surface area (Å²) in [5, 5.41) is 10.9. The third-order valence-electron chi connectivity index (χ3n) is 6.00. The van der Waals surface area contributed by atoms with Crippen molar-refractivity contribution in [1.29, 1.82) is 0 Å². The van der Waals surface area contributed by atoms with Gasteiger partial charge in [0.1, 0.15) is 29.7 Å². The molecule has 6 nitrogen and oxygen atoms in total. The molecule has 4 atom stereocenters. The maximum absolute atomic E-state index is 13.4. The second-order valence-electron chi connectivity index (χ2n) is 10.5. The van der Waals surface area contributed by atoms with Crippen molar-refractivity contribution in [2.24, 2.45) is 23.2 Å². The number of carbonyl (C=O) groups is 1. The van der Waals surface area contributed by atoms with Crippen LogP contribution in [0.5, 0.6) is 17.2 Å². The molecule has 2 aliphatic rings. The van der Waals surface area contributed by atoms with E-state index in [9.17, 15) is 14.5 Å². The lowest BCUT2D eigenvalue weighted by molar-refractivity contribution is -0.0137. The van der Waals surface area contributed by atoms with Crippen LogP contribution in [0, 0.1) is 23.2 Å². The van der Waals surface area contributed by atoms with Gasteiger partial charge in [0.25, 0.3) is 0 Å². The van der Waals surface area contributed by atoms with E-state index in [1.807, 2.05) is 20.8 Å². The van der Waals surface area contributed by atoms with Crippen molar-refractivity contribution in [3.8, 4) is 17.2 Å². The first-order valence-electron chi connectivity index (χ1n) is 10.8. The number of benzene rings is 1. The van der Waals surface area contributed by atoms with Gasteiger partial charge in [0, 0.05) is 18.3 Å². The minimum absolute atomic E-state index is 0.0527. The summed E-state index contributed by atoms with van der Waals surface area (Å²) in [5.41, 5.74) is -0.171. The molecule has 3 rings (SSSR count). The summed E-state index contributed by atoms with van der Waals surface area (Å²) < 4.78 is 30.0. The number of hydrogen-bond donors (Lipinski definition) is 1. The molecular formula is C23H35O6P. The van der Waals surface area contributed by atoms with Crippen LogP contribution in [0.4, 0.5) is 4.79 Å². The summed E-state index contributed by atoms with van der Waals surface area (Å²) in [6.45, 7) is 12.5. The number of phenolic OH excluding ortho intramolecular Hbond substituents is 1. The summed E-state index contributed by atoms with van der Waals surface area (Å²) in [6, 6.07) is 2.84. The highest BCUT2D eigenvalue weighted by atomic mass is 31.2. The van der Waals surface area contributed by atoms with E-state index in [0.717, 1.165) is 19.3 Å². The molecule has 1 fully saturated rings. The predicted octanol–water partition coefficient (Wildman–Crippen LogP) is 5.75. The van der Waals surface area contributed by atoms with Crippen molar-refractivity contribution in [2.75, 3.05) is 12.5 Å². The molecule has 1 aliphatic heterocycles. The Kier molecular flexibility index (Phi) is 6.48. The van der Waals surface area contributed by atoms with E-state index in [1.54, 1.807) is 0 Å². The zero-order valence-corrected chi connectivity index (χ0v) is 19.8. The van der Waals surface area contributed by atoms with Crippen molar-refractivity contribution >= 4 is 18.6 Å². The number of aromatic hydroxyl groups is 1. The summed E-state index contributed by atoms with van der Waals surface area (Å²) >= 11 is 0. The lowest BCUT2D eigenvalue weighted by Crippen LogP contribution is -2.36. The molecule has 1 aromatic carbocycles. The van der Waals surface area contributed by atoms with E-state index >= 15 is 0 Å². The zero-order chi connectivity index (χ0) is 22.3. The number of fused-ring (bicyclic) bond motifs is 1. The van der Waals surface area contributed by atoms with Crippen LogP contribution in [0.25, 0.3) is 0 Å². The van der Waals surface area contributed by atoms with Crippen molar-refractivity contribution in [3.63, 3.8) is 0 Å². The zero-order valence-electron chi connectivity index (χ0n) is 18.9. The Labute approximate surface area is 179 Å². The summed E-state index contributed by atoms with van der Waals surface area (Å²) in [6.07, 6.45) is 2.53. The Morgan fingerprint density at radius 2 is 2.00 bits per heavy atom. The van der Waals surface area contributed by atoms with Crippen molar-refractivity contribution in [2.45, 2.75) is 66.9 Å². The monoisotopic (exact) mass is 438 g/mol. The standard InChI is InChI=1S/C23H35O6P/c1-14(2)17-8-7-15(3)9-19(17)29-22(25)28-16-10-18(24)21-20(11-16)27-13-30(21,26)12-23(4,5)6/h10-11,14-15,17,19,24H,7-9,12-13H2,1-6H3/t15?,17-,19+,30?/m1/s1. The van der Waals surface area contributed by atoms with E-state index in [1.165, 1.54) is 12.1 Å². The van der Waals surface area contributed by atoms with Crippen molar-refractivity contribution in [3.05, 3.63) is 12.1 Å². The fourth-order valence-corrected chi connectivity index (χ4v) is 8.04. The van der Waals surface area contributed by atoms with Gasteiger partial charge in [0.2, 0.25) is 0 Å². The number of rotatable bonds is 4. The molecule has 30 heavy (non-hydrogen) atoms. The molecule has 7 heteroatoms. The molecule has 0 saturated heterocycles. The molecule has 0 amide bonds. The average molecular weight is 439 g/mol. The molecule has 168 valence electrons. The first-order valence-corrected chi connectivity index (χ1v) is 12.9. The van der Waals surface area contributed by atoms with Crippen LogP contribution in [0.2, 0.25) is 0 Å². The van der Waals surface area contributed by atoms with Crippen LogP contribution in [-0.2, 0) is 9.30 Å². The smallest absolute Gasteiger partial charge is 0.507 e. The number of phenols is 1. The van der Waals surface area contributed by atoms with Gasteiger partial charge in [-0.1, -0.05) is 48.0 Å². The van der Waals surface area contributed by atoms with Gasteiger partial charge in [-0.05, 0) is 36.0 Å². The molecule has 0 spiro atoms. The highest BCUT2D eigenvalue weighted by molar-refractivity contribution is 7.72. The summed E-state index contributed by atoms with van der Waals surface area (Å²) in [7, 11) is -2.87. The predicted molar refractivity (Wildman–Crippen MR) is 117 cm³/mol. The molecule has 0 bridgehead atoms. The normalized spacial score (nSPS) is 28.7. The maximum atomic E-state index is 13.4. The first-order chi connectivity index (χ1) is 13.9. The molecule has 0 aromatic heterocycles. The largest absolute Gasteiger partial charge is 0.514 e. The van der Waals surface area contributed by atoms with Crippen molar-refractivity contribution in [1.82, 2.24) is 0 Å². The number of hydrogen-bond acceptors (Lipinski definition) is 6. The lowest BCUT2D eigenvalue weighted by Gasteiger charge is -2.36. The van der Waals surface area contributed by atoms with Gasteiger partial charge in [-0.25, -0.2) is 4.79 Å². The van der Waals surface area contributed by atoms with Crippen LogP contribution >= 0.6 is 7.14 Å². The van der Waals surface area contributed by atoms with Gasteiger partial charge in [-0.15, -0.1) is 0 Å². The Morgan fingerprint density at radius 1 is 1.30 bits per heavy atom. The molecule has 1 heterocycles. The second kappa shape index (κ2) is 8.45. The van der Waals surface area contributed by atoms with E-state index in [0.29, 0.717) is 35.0 Å². The van der Waals surface area contributed by atoms with E-state index < -0.39 is 13.3 Å². The van der Waals surface area contributed by atoms with Gasteiger partial charge in [0.05, 0.1) is 5.30 Å². The molecule has 1 N–H and O–H groups in total. The second-order valence-corrected chi connectivity index (χ2v) is 13.3. The van der Waals surface area contributed by atoms with Crippen LogP contribution < -0.4 is 14.8 Å². The fraction of sp³-hybridized carbons (Fsp3) is 0.696. The Balaban J connectivity index is 1.73. The minimum Gasteiger partial charge on any atom is -0.507 e. The topological polar surface area (TPSA) is 82.1 Å². The maximum Gasteiger partial charge on any atom is 0.514 e. The fourth-order valence-electron chi connectivity index (χ4n) is 4.77. The third kappa shape index (κ3) is 5.14. The van der Waals surface area contributed by atoms with Gasteiger partial charge < -0.3 is 23.9 Å². The quantitative estimate of drug-likeness (QED) is 0.366. The number of carbonyl (C=O) groups excluding carboxylic acids is 1. The van der Waals surface area contributed by atoms with Gasteiger partial charge >= 0.3 is 6.16 Å². The molecule has 1 aromatic rings. The SMILES string of the molecule is CC1CC[C@H](C(C)C)[C@@H](OC(=O)Oc2cc(O)c3c(c2)OCP3(=O)CC(C)(C)C)C1. The number of ether oxygens (including phenoxy) is 3. The highest BCUT2D eigenvalue weighted by Crippen LogP contribution is 2.57. The molecule has 0 radical (unpaired) electrons. The Hall–Kier alpha value is -1.68. The lowest BCUT2D eigenvalue weighted by atomic mass is 9.75. The van der Waals surface area contributed by atoms with Crippen LogP contribution in [-0.4, -0.2) is 29.9 Å². The van der Waals surface area contributed by atoms with Gasteiger partial charge in [0.15, 0.2) is 7.14 Å². The van der Waals surface area contributed by atoms with Crippen LogP contribution in [0.15, 0.2) is 12.1 Å². The van der Waals surface area contributed by atoms with Crippen molar-refractivity contribution < 1.29 is 28.7 Å². The van der Waals surface area contributed by atoms with E-state index in [4.69, 9.17) is 14.2 Å². The van der Waals surface area contributed by atoms with E-state index in [-0.39, 0.29) is 29.4 Å². The molecular weight excluding hydrogens is 403 g/mol. The summed E-state index contributed by atoms with van der Waals surface area (Å²) in [5.74, 6) is 1.53. The Bertz CT molecular complexity index is 841. The molecule has 1 aliphatic carbocycles. The van der Waals surface area contributed by atoms with Crippen LogP contribution in [0.3, 0.4) is 0 Å². The first kappa shape index (κ1) is 23.0. The third-order valence-corrected chi connectivity index (χ3v) is 9.27. The minimum atomic E-state index is -2.87. The van der Waals surface area contributed by atoms with Crippen LogP contribution in [0.1, 0.15) is 60.8 Å². The molecule has 1 saturated carbocycles. The highest BCUT2D eigenvalue weighted by Gasteiger charge is 2.41. The summed E-state index contributed by atoms with van der Waals surface area (Å²) in [4.78, 5) is 12.5. The van der Waals surface area contributed by atoms with Gasteiger partial charge in [-0.2, -0.15) is 0 Å². The van der Waals surface area contributed by atoms with Gasteiger partial charge in [-0.3, -0.25) is 0 Å². The molecule has 2 unspecified atom stereocenters. The average Bonchev–Trinajstić information content (AvgIpc) is 2.89. The van der Waals surface area contributed by atoms with E-state index in [2.05, 4.69) is 20.8 Å².